The van der Waals surface area contributed by atoms with Gasteiger partial charge in [0.15, 0.2) is 5.65 Å². The number of imidazole rings is 1. The number of fused-ring (bicyclic) bond motifs is 1. The smallest absolute Gasteiger partial charge is 0.202 e. The van der Waals surface area contributed by atoms with Gasteiger partial charge in [0.05, 0.1) is 0 Å². The highest BCUT2D eigenvalue weighted by molar-refractivity contribution is 9.10. The van der Waals surface area contributed by atoms with Gasteiger partial charge in [-0.25, -0.2) is 9.97 Å². The third-order valence-corrected chi connectivity index (χ3v) is 4.50. The van der Waals surface area contributed by atoms with E-state index in [1.165, 1.54) is 0 Å². The molecule has 1 aliphatic rings. The summed E-state index contributed by atoms with van der Waals surface area (Å²) in [5.74, 6) is 0.572. The second-order valence-corrected chi connectivity index (χ2v) is 6.26. The normalized spacial score (nSPS) is 25.0. The van der Waals surface area contributed by atoms with Crippen molar-refractivity contribution < 1.29 is 0 Å². The van der Waals surface area contributed by atoms with E-state index in [0.717, 1.165) is 35.0 Å². The summed E-state index contributed by atoms with van der Waals surface area (Å²) in [6.45, 7) is 3.34. The molecule has 2 N–H and O–H groups in total. The van der Waals surface area contributed by atoms with E-state index >= 15 is 0 Å². The van der Waals surface area contributed by atoms with Crippen molar-refractivity contribution in [3.63, 3.8) is 0 Å². The molecule has 1 fully saturated rings. The zero-order chi connectivity index (χ0) is 13.6. The molecule has 0 saturated carbocycles. The average molecular weight is 324 g/mol. The van der Waals surface area contributed by atoms with Crippen LogP contribution in [0.1, 0.15) is 25.8 Å². The third kappa shape index (κ3) is 2.23. The van der Waals surface area contributed by atoms with Crippen LogP contribution in [-0.4, -0.2) is 39.1 Å². The van der Waals surface area contributed by atoms with Crippen molar-refractivity contribution in [1.82, 2.24) is 19.4 Å². The number of piperidine rings is 1. The number of hydrogen-bond donors (Lipinski definition) is 1. The highest BCUT2D eigenvalue weighted by Crippen LogP contribution is 2.31. The quantitative estimate of drug-likeness (QED) is 0.875. The minimum absolute atomic E-state index is 0.393. The molecule has 102 valence electrons. The van der Waals surface area contributed by atoms with E-state index in [0.29, 0.717) is 18.0 Å². The zero-order valence-electron chi connectivity index (χ0n) is 11.2. The molecule has 2 aromatic rings. The standard InChI is InChI=1S/C13H18BrN5/c1-8-5-10(3-4-18(8)2)19-12-11(17-13(19)15)6-9(14)7-16-12/h6-8,10H,3-5H2,1-2H3,(H2,15,17). The number of nitrogens with zero attached hydrogens (tertiary/aromatic N) is 4. The number of nitrogens with two attached hydrogens (primary N) is 1. The van der Waals surface area contributed by atoms with Gasteiger partial charge >= 0.3 is 0 Å². The fourth-order valence-corrected chi connectivity index (χ4v) is 3.15. The fraction of sp³-hybridized carbons (Fsp3) is 0.538. The van der Waals surface area contributed by atoms with Crippen molar-refractivity contribution in [2.45, 2.75) is 31.8 Å². The van der Waals surface area contributed by atoms with Crippen molar-refractivity contribution in [3.8, 4) is 0 Å². The van der Waals surface area contributed by atoms with Crippen molar-refractivity contribution >= 4 is 33.0 Å². The molecule has 0 spiro atoms. The van der Waals surface area contributed by atoms with Crippen molar-refractivity contribution in [1.29, 1.82) is 0 Å². The van der Waals surface area contributed by atoms with Gasteiger partial charge in [0.25, 0.3) is 0 Å². The first-order chi connectivity index (χ1) is 9.06. The van der Waals surface area contributed by atoms with Crippen LogP contribution < -0.4 is 5.73 Å². The maximum absolute atomic E-state index is 6.10. The summed E-state index contributed by atoms with van der Waals surface area (Å²) in [6, 6.07) is 2.92. The van der Waals surface area contributed by atoms with Crippen LogP contribution in [0.15, 0.2) is 16.7 Å². The fourth-order valence-electron chi connectivity index (χ4n) is 2.83. The van der Waals surface area contributed by atoms with Crippen LogP contribution in [0.3, 0.4) is 0 Å². The van der Waals surface area contributed by atoms with Crippen molar-refractivity contribution in [2.24, 2.45) is 0 Å². The molecule has 6 heteroatoms. The molecule has 0 aromatic carbocycles. The maximum atomic E-state index is 6.10. The Morgan fingerprint density at radius 3 is 3.00 bits per heavy atom. The first-order valence-corrected chi connectivity index (χ1v) is 7.34. The van der Waals surface area contributed by atoms with Crippen LogP contribution in [0.5, 0.6) is 0 Å². The number of likely N-dealkylation sites (tertiary alicyclic amines) is 1. The summed E-state index contributed by atoms with van der Waals surface area (Å²) in [5, 5.41) is 0. The molecular formula is C13H18BrN5. The van der Waals surface area contributed by atoms with Crippen molar-refractivity contribution in [2.75, 3.05) is 19.3 Å². The Morgan fingerprint density at radius 2 is 2.26 bits per heavy atom. The summed E-state index contributed by atoms with van der Waals surface area (Å²) in [5.41, 5.74) is 7.85. The zero-order valence-corrected chi connectivity index (χ0v) is 12.8. The minimum Gasteiger partial charge on any atom is -0.369 e. The van der Waals surface area contributed by atoms with E-state index in [1.54, 1.807) is 6.20 Å². The van der Waals surface area contributed by atoms with Gasteiger partial charge in [0.2, 0.25) is 5.95 Å². The van der Waals surface area contributed by atoms with Crippen LogP contribution in [0.4, 0.5) is 5.95 Å². The largest absolute Gasteiger partial charge is 0.369 e. The van der Waals surface area contributed by atoms with E-state index in [4.69, 9.17) is 5.73 Å². The summed E-state index contributed by atoms with van der Waals surface area (Å²) in [6.07, 6.45) is 3.98. The van der Waals surface area contributed by atoms with Crippen LogP contribution in [-0.2, 0) is 0 Å². The Morgan fingerprint density at radius 1 is 1.47 bits per heavy atom. The molecule has 1 saturated heterocycles. The molecule has 0 bridgehead atoms. The number of pyridine rings is 1. The Kier molecular flexibility index (Phi) is 3.22. The predicted octanol–water partition coefficient (Wildman–Crippen LogP) is 2.43. The lowest BCUT2D eigenvalue weighted by atomic mass is 9.99. The van der Waals surface area contributed by atoms with E-state index in [1.807, 2.05) is 6.07 Å². The molecule has 2 atom stereocenters. The van der Waals surface area contributed by atoms with Crippen LogP contribution in [0, 0.1) is 0 Å². The van der Waals surface area contributed by atoms with Gasteiger partial charge in [0, 0.05) is 29.3 Å². The van der Waals surface area contributed by atoms with Gasteiger partial charge < -0.3 is 10.6 Å². The highest BCUT2D eigenvalue weighted by atomic mass is 79.9. The summed E-state index contributed by atoms with van der Waals surface area (Å²) >= 11 is 3.42. The van der Waals surface area contributed by atoms with E-state index in [-0.39, 0.29) is 0 Å². The summed E-state index contributed by atoms with van der Waals surface area (Å²) < 4.78 is 3.03. The second-order valence-electron chi connectivity index (χ2n) is 5.34. The molecule has 1 aliphatic heterocycles. The molecule has 3 rings (SSSR count). The molecular weight excluding hydrogens is 306 g/mol. The number of halogens is 1. The first kappa shape index (κ1) is 12.9. The van der Waals surface area contributed by atoms with E-state index in [2.05, 4.69) is 49.3 Å². The van der Waals surface area contributed by atoms with Gasteiger partial charge in [-0.15, -0.1) is 0 Å². The predicted molar refractivity (Wildman–Crippen MR) is 80.0 cm³/mol. The summed E-state index contributed by atoms with van der Waals surface area (Å²) in [7, 11) is 2.17. The first-order valence-electron chi connectivity index (χ1n) is 6.55. The van der Waals surface area contributed by atoms with Gasteiger partial charge in [-0.05, 0) is 48.8 Å². The molecule has 5 nitrogen and oxygen atoms in total. The molecule has 3 heterocycles. The Labute approximate surface area is 120 Å². The lowest BCUT2D eigenvalue weighted by Gasteiger charge is -2.35. The Hall–Kier alpha value is -1.14. The number of rotatable bonds is 1. The van der Waals surface area contributed by atoms with Gasteiger partial charge in [-0.2, -0.15) is 0 Å². The number of nitrogen functional groups attached to an aromatic ring is 1. The second kappa shape index (κ2) is 4.76. The average Bonchev–Trinajstić information content (AvgIpc) is 2.68. The third-order valence-electron chi connectivity index (χ3n) is 4.07. The Balaban J connectivity index is 2.03. The number of hydrogen-bond acceptors (Lipinski definition) is 4. The number of anilines is 1. The van der Waals surface area contributed by atoms with Gasteiger partial charge in [-0.3, -0.25) is 4.57 Å². The Bertz CT molecular complexity index is 608. The molecule has 19 heavy (non-hydrogen) atoms. The van der Waals surface area contributed by atoms with Gasteiger partial charge in [0.1, 0.15) is 5.52 Å². The molecule has 2 aromatic heterocycles. The molecule has 0 amide bonds. The number of aromatic nitrogens is 3. The highest BCUT2D eigenvalue weighted by Gasteiger charge is 2.27. The lowest BCUT2D eigenvalue weighted by molar-refractivity contribution is 0.159. The lowest BCUT2D eigenvalue weighted by Crippen LogP contribution is -2.38. The van der Waals surface area contributed by atoms with Crippen LogP contribution >= 0.6 is 15.9 Å². The molecule has 2 unspecified atom stereocenters. The summed E-state index contributed by atoms with van der Waals surface area (Å²) in [4.78, 5) is 11.3. The monoisotopic (exact) mass is 323 g/mol. The van der Waals surface area contributed by atoms with Crippen molar-refractivity contribution in [3.05, 3.63) is 16.7 Å². The van der Waals surface area contributed by atoms with Crippen LogP contribution in [0.25, 0.3) is 11.2 Å². The molecule has 0 radical (unpaired) electrons. The topological polar surface area (TPSA) is 60.0 Å². The van der Waals surface area contributed by atoms with Gasteiger partial charge in [-0.1, -0.05) is 0 Å². The van der Waals surface area contributed by atoms with E-state index < -0.39 is 0 Å². The van der Waals surface area contributed by atoms with Crippen LogP contribution in [0.2, 0.25) is 0 Å². The minimum atomic E-state index is 0.393. The van der Waals surface area contributed by atoms with E-state index in [9.17, 15) is 0 Å². The maximum Gasteiger partial charge on any atom is 0.202 e. The SMILES string of the molecule is CC1CC(n2c(N)nc3cc(Br)cnc32)CCN1C. The molecule has 0 aliphatic carbocycles.